The average molecular weight is 312 g/mol. The van der Waals surface area contributed by atoms with E-state index in [2.05, 4.69) is 47.2 Å². The van der Waals surface area contributed by atoms with Gasteiger partial charge in [-0.3, -0.25) is 0 Å². The minimum absolute atomic E-state index is 0.118. The Kier molecular flexibility index (Phi) is 4.02. The van der Waals surface area contributed by atoms with Gasteiger partial charge >= 0.3 is 0 Å². The largest absolute Gasteiger partial charge is 0.394 e. The highest BCUT2D eigenvalue weighted by Crippen LogP contribution is 2.45. The van der Waals surface area contributed by atoms with Crippen LogP contribution in [0.1, 0.15) is 39.5 Å². The van der Waals surface area contributed by atoms with Gasteiger partial charge in [-0.05, 0) is 42.5 Å². The van der Waals surface area contributed by atoms with Gasteiger partial charge in [0.1, 0.15) is 0 Å². The minimum atomic E-state index is -0.195. The number of hydrogen-bond acceptors (Lipinski definition) is 2. The van der Waals surface area contributed by atoms with Crippen LogP contribution in [0.4, 0.5) is 5.69 Å². The molecule has 1 unspecified atom stereocenters. The number of nitrogens with one attached hydrogen (secondary N) is 1. The van der Waals surface area contributed by atoms with Gasteiger partial charge in [-0.1, -0.05) is 42.6 Å². The number of benzene rings is 1. The number of aliphatic hydroxyl groups excluding tert-OH is 1. The number of aliphatic hydroxyl groups is 1. The Labute approximate surface area is 118 Å². The molecule has 1 aliphatic carbocycles. The van der Waals surface area contributed by atoms with Crippen LogP contribution in [-0.2, 0) is 0 Å². The second-order valence-electron chi connectivity index (χ2n) is 5.96. The van der Waals surface area contributed by atoms with Crippen molar-refractivity contribution in [2.24, 2.45) is 5.41 Å². The maximum Gasteiger partial charge on any atom is 0.0666 e. The van der Waals surface area contributed by atoms with Gasteiger partial charge in [0.25, 0.3) is 0 Å². The van der Waals surface area contributed by atoms with Crippen molar-refractivity contribution in [3.63, 3.8) is 0 Å². The van der Waals surface area contributed by atoms with Gasteiger partial charge in [0.15, 0.2) is 0 Å². The zero-order chi connectivity index (χ0) is 13.2. The van der Waals surface area contributed by atoms with E-state index in [1.165, 1.54) is 12.8 Å². The fourth-order valence-corrected chi connectivity index (χ4v) is 3.21. The van der Waals surface area contributed by atoms with E-state index in [-0.39, 0.29) is 17.6 Å². The van der Waals surface area contributed by atoms with E-state index in [0.29, 0.717) is 0 Å². The SMILES string of the molecule is CC1(C)CCCCC1(CO)Nc1ccc(Br)cc1. The molecule has 0 aliphatic heterocycles. The standard InChI is InChI=1S/C15H22BrNO/c1-14(2)9-3-4-10-15(14,11-18)17-13-7-5-12(16)6-8-13/h5-8,17-18H,3-4,9-11H2,1-2H3. The molecule has 1 atom stereocenters. The predicted octanol–water partition coefficient (Wildman–Crippen LogP) is 4.19. The lowest BCUT2D eigenvalue weighted by Gasteiger charge is -2.50. The molecule has 2 nitrogen and oxygen atoms in total. The van der Waals surface area contributed by atoms with Crippen LogP contribution in [0.25, 0.3) is 0 Å². The minimum Gasteiger partial charge on any atom is -0.394 e. The molecule has 3 heteroatoms. The first-order chi connectivity index (χ1) is 8.49. The summed E-state index contributed by atoms with van der Waals surface area (Å²) in [6.45, 7) is 4.71. The van der Waals surface area contributed by atoms with Crippen molar-refractivity contribution in [2.75, 3.05) is 11.9 Å². The molecule has 0 heterocycles. The van der Waals surface area contributed by atoms with Crippen LogP contribution < -0.4 is 5.32 Å². The zero-order valence-corrected chi connectivity index (χ0v) is 12.8. The van der Waals surface area contributed by atoms with Crippen LogP contribution in [0.3, 0.4) is 0 Å². The monoisotopic (exact) mass is 311 g/mol. The number of rotatable bonds is 3. The molecular weight excluding hydrogens is 290 g/mol. The molecule has 1 aromatic rings. The maximum atomic E-state index is 9.92. The highest BCUT2D eigenvalue weighted by molar-refractivity contribution is 9.10. The fourth-order valence-electron chi connectivity index (χ4n) is 2.95. The molecule has 1 aliphatic rings. The van der Waals surface area contributed by atoms with Crippen molar-refractivity contribution < 1.29 is 5.11 Å². The van der Waals surface area contributed by atoms with Crippen LogP contribution in [0.2, 0.25) is 0 Å². The molecule has 0 saturated heterocycles. The second-order valence-corrected chi connectivity index (χ2v) is 6.88. The molecular formula is C15H22BrNO. The van der Waals surface area contributed by atoms with E-state index in [1.54, 1.807) is 0 Å². The highest BCUT2D eigenvalue weighted by atomic mass is 79.9. The van der Waals surface area contributed by atoms with E-state index in [0.717, 1.165) is 23.0 Å². The normalized spacial score (nSPS) is 26.9. The summed E-state index contributed by atoms with van der Waals surface area (Å²) in [4.78, 5) is 0. The lowest BCUT2D eigenvalue weighted by atomic mass is 9.63. The van der Waals surface area contributed by atoms with Crippen LogP contribution in [-0.4, -0.2) is 17.3 Å². The molecule has 0 amide bonds. The first-order valence-electron chi connectivity index (χ1n) is 6.64. The Morgan fingerprint density at radius 1 is 1.17 bits per heavy atom. The lowest BCUT2D eigenvalue weighted by molar-refractivity contribution is 0.0580. The maximum absolute atomic E-state index is 9.92. The smallest absolute Gasteiger partial charge is 0.0666 e. The number of halogens is 1. The molecule has 2 rings (SSSR count). The summed E-state index contributed by atoms with van der Waals surface area (Å²) in [7, 11) is 0. The molecule has 0 aromatic heterocycles. The first kappa shape index (κ1) is 13.9. The van der Waals surface area contributed by atoms with Crippen molar-refractivity contribution in [3.05, 3.63) is 28.7 Å². The topological polar surface area (TPSA) is 32.3 Å². The van der Waals surface area contributed by atoms with Crippen molar-refractivity contribution in [1.29, 1.82) is 0 Å². The third-order valence-electron chi connectivity index (χ3n) is 4.45. The van der Waals surface area contributed by atoms with Gasteiger partial charge in [0.05, 0.1) is 12.1 Å². The third kappa shape index (κ3) is 2.57. The summed E-state index contributed by atoms with van der Waals surface area (Å²) in [5.74, 6) is 0. The van der Waals surface area contributed by atoms with Gasteiger partial charge in [-0.15, -0.1) is 0 Å². The van der Waals surface area contributed by atoms with E-state index in [4.69, 9.17) is 0 Å². The van der Waals surface area contributed by atoms with Crippen molar-refractivity contribution in [1.82, 2.24) is 0 Å². The quantitative estimate of drug-likeness (QED) is 0.877. The summed E-state index contributed by atoms with van der Waals surface area (Å²) in [5, 5.41) is 13.5. The van der Waals surface area contributed by atoms with Crippen molar-refractivity contribution >= 4 is 21.6 Å². The molecule has 0 radical (unpaired) electrons. The second kappa shape index (κ2) is 5.22. The molecule has 0 spiro atoms. The average Bonchev–Trinajstić information content (AvgIpc) is 2.34. The van der Waals surface area contributed by atoms with Crippen LogP contribution in [0.5, 0.6) is 0 Å². The Morgan fingerprint density at radius 2 is 1.78 bits per heavy atom. The van der Waals surface area contributed by atoms with E-state index in [9.17, 15) is 5.11 Å². The summed E-state index contributed by atoms with van der Waals surface area (Å²) < 4.78 is 1.08. The molecule has 1 aromatic carbocycles. The molecule has 0 bridgehead atoms. The van der Waals surface area contributed by atoms with Gasteiger partial charge in [0.2, 0.25) is 0 Å². The molecule has 2 N–H and O–H groups in total. The lowest BCUT2D eigenvalue weighted by Crippen LogP contribution is -2.56. The molecule has 18 heavy (non-hydrogen) atoms. The summed E-state index contributed by atoms with van der Waals surface area (Å²) in [5.41, 5.74) is 1.01. The van der Waals surface area contributed by atoms with Gasteiger partial charge in [-0.2, -0.15) is 0 Å². The van der Waals surface area contributed by atoms with E-state index in [1.807, 2.05) is 12.1 Å². The van der Waals surface area contributed by atoms with Crippen molar-refractivity contribution in [2.45, 2.75) is 45.1 Å². The highest BCUT2D eigenvalue weighted by Gasteiger charge is 2.46. The zero-order valence-electron chi connectivity index (χ0n) is 11.2. The van der Waals surface area contributed by atoms with Crippen LogP contribution >= 0.6 is 15.9 Å². The summed E-state index contributed by atoms with van der Waals surface area (Å²) in [6, 6.07) is 8.19. The summed E-state index contributed by atoms with van der Waals surface area (Å²) in [6.07, 6.45) is 4.65. The third-order valence-corrected chi connectivity index (χ3v) is 4.98. The van der Waals surface area contributed by atoms with Gasteiger partial charge in [0, 0.05) is 10.2 Å². The summed E-state index contributed by atoms with van der Waals surface area (Å²) >= 11 is 3.45. The van der Waals surface area contributed by atoms with E-state index >= 15 is 0 Å². The Morgan fingerprint density at radius 3 is 2.33 bits per heavy atom. The van der Waals surface area contributed by atoms with Crippen LogP contribution in [0.15, 0.2) is 28.7 Å². The van der Waals surface area contributed by atoms with Gasteiger partial charge in [-0.25, -0.2) is 0 Å². The van der Waals surface area contributed by atoms with Crippen LogP contribution in [0, 0.1) is 5.41 Å². The Bertz CT molecular complexity index is 401. The number of hydrogen-bond donors (Lipinski definition) is 2. The predicted molar refractivity (Wildman–Crippen MR) is 79.8 cm³/mol. The van der Waals surface area contributed by atoms with E-state index < -0.39 is 0 Å². The molecule has 1 saturated carbocycles. The first-order valence-corrected chi connectivity index (χ1v) is 7.43. The Balaban J connectivity index is 2.24. The number of anilines is 1. The van der Waals surface area contributed by atoms with Gasteiger partial charge < -0.3 is 10.4 Å². The molecule has 100 valence electrons. The fraction of sp³-hybridized carbons (Fsp3) is 0.600. The molecule has 1 fully saturated rings. The van der Waals surface area contributed by atoms with Crippen molar-refractivity contribution in [3.8, 4) is 0 Å². The Hall–Kier alpha value is -0.540.